The summed E-state index contributed by atoms with van der Waals surface area (Å²) in [4.78, 5) is 10.8. The molecule has 1 atom stereocenters. The first-order chi connectivity index (χ1) is 12.8. The predicted octanol–water partition coefficient (Wildman–Crippen LogP) is 1.40. The van der Waals surface area contributed by atoms with Gasteiger partial charge in [0.05, 0.1) is 11.5 Å². The lowest BCUT2D eigenvalue weighted by molar-refractivity contribution is -0.119. The number of sulfonamides is 1. The third-order valence-electron chi connectivity index (χ3n) is 4.17. The normalized spacial score (nSPS) is 14.3. The van der Waals surface area contributed by atoms with E-state index in [1.54, 1.807) is 0 Å². The second-order valence-corrected chi connectivity index (χ2v) is 8.21. The number of carbonyl (C=O) groups excluding carboxylic acids is 1. The Balaban J connectivity index is 1.62. The lowest BCUT2D eigenvalue weighted by atomic mass is 10.0. The van der Waals surface area contributed by atoms with E-state index in [2.05, 4.69) is 10.8 Å². The average Bonchev–Trinajstić information content (AvgIpc) is 3.07. The summed E-state index contributed by atoms with van der Waals surface area (Å²) in [6.45, 7) is 2.26. The number of carbonyl (C=O) groups is 1. The monoisotopic (exact) mass is 390 g/mol. The van der Waals surface area contributed by atoms with Crippen molar-refractivity contribution in [2.75, 3.05) is 13.2 Å². The van der Waals surface area contributed by atoms with Crippen molar-refractivity contribution >= 4 is 15.9 Å². The second kappa shape index (κ2) is 7.98. The quantitative estimate of drug-likeness (QED) is 0.708. The van der Waals surface area contributed by atoms with Crippen molar-refractivity contribution in [2.45, 2.75) is 30.7 Å². The Hall–Kier alpha value is -2.58. The number of fused-ring (bicyclic) bond motifs is 1. The number of amides is 1. The Bertz CT molecular complexity index is 926. The number of benzene rings is 2. The zero-order chi connectivity index (χ0) is 19.4. The third-order valence-corrected chi connectivity index (χ3v) is 5.77. The van der Waals surface area contributed by atoms with Crippen LogP contribution in [0.4, 0.5) is 0 Å². The Kier molecular flexibility index (Phi) is 5.67. The van der Waals surface area contributed by atoms with Crippen LogP contribution in [0.25, 0.3) is 0 Å². The maximum Gasteiger partial charge on any atom is 0.255 e. The van der Waals surface area contributed by atoms with Crippen LogP contribution in [0.1, 0.15) is 18.1 Å². The van der Waals surface area contributed by atoms with Gasteiger partial charge in [0.1, 0.15) is 11.5 Å². The van der Waals surface area contributed by atoms with E-state index in [-0.39, 0.29) is 17.5 Å². The van der Waals surface area contributed by atoms with Crippen molar-refractivity contribution < 1.29 is 22.7 Å². The zero-order valence-corrected chi connectivity index (χ0v) is 15.8. The van der Waals surface area contributed by atoms with Gasteiger partial charge in [0.25, 0.3) is 5.91 Å². The summed E-state index contributed by atoms with van der Waals surface area (Å²) >= 11 is 0. The lowest BCUT2D eigenvalue weighted by Gasteiger charge is -2.15. The molecule has 0 fully saturated rings. The van der Waals surface area contributed by atoms with E-state index < -0.39 is 15.9 Å². The molecule has 0 aromatic heterocycles. The molecule has 3 rings (SSSR count). The molecule has 1 aliphatic heterocycles. The maximum absolute atomic E-state index is 12.6. The van der Waals surface area contributed by atoms with Crippen molar-refractivity contribution in [1.82, 2.24) is 4.72 Å². The zero-order valence-electron chi connectivity index (χ0n) is 15.0. The van der Waals surface area contributed by atoms with Gasteiger partial charge in [0, 0.05) is 12.5 Å². The molecule has 7 nitrogen and oxygen atoms in total. The van der Waals surface area contributed by atoms with Crippen LogP contribution in [0.2, 0.25) is 0 Å². The van der Waals surface area contributed by atoms with Crippen molar-refractivity contribution in [3.05, 3.63) is 53.6 Å². The summed E-state index contributed by atoms with van der Waals surface area (Å²) < 4.78 is 38.4. The van der Waals surface area contributed by atoms with E-state index in [9.17, 15) is 13.2 Å². The summed E-state index contributed by atoms with van der Waals surface area (Å²) in [5.41, 5.74) is 7.23. The van der Waals surface area contributed by atoms with Crippen LogP contribution in [0.5, 0.6) is 11.5 Å². The van der Waals surface area contributed by atoms with Gasteiger partial charge in [0.2, 0.25) is 10.0 Å². The molecule has 1 aliphatic rings. The Morgan fingerprint density at radius 3 is 2.70 bits per heavy atom. The van der Waals surface area contributed by atoms with Crippen molar-refractivity contribution in [3.63, 3.8) is 0 Å². The molecule has 3 N–H and O–H groups in total. The van der Waals surface area contributed by atoms with Gasteiger partial charge in [0.15, 0.2) is 6.61 Å². The van der Waals surface area contributed by atoms with Crippen LogP contribution < -0.4 is 19.9 Å². The molecule has 0 aliphatic carbocycles. The highest BCUT2D eigenvalue weighted by atomic mass is 32.2. The van der Waals surface area contributed by atoms with Crippen molar-refractivity contribution in [2.24, 2.45) is 5.73 Å². The molecule has 8 heteroatoms. The Morgan fingerprint density at radius 2 is 2.00 bits per heavy atom. The number of hydrogen-bond acceptors (Lipinski definition) is 5. The highest BCUT2D eigenvalue weighted by molar-refractivity contribution is 7.89. The molecule has 144 valence electrons. The van der Waals surface area contributed by atoms with Gasteiger partial charge in [-0.1, -0.05) is 12.1 Å². The van der Waals surface area contributed by atoms with Crippen LogP contribution in [0, 0.1) is 0 Å². The number of hydrogen-bond donors (Lipinski definition) is 2. The molecule has 27 heavy (non-hydrogen) atoms. The molecule has 0 spiro atoms. The minimum absolute atomic E-state index is 0.128. The molecular formula is C19H22N2O5S. The maximum atomic E-state index is 12.6. The van der Waals surface area contributed by atoms with Crippen LogP contribution in [0.15, 0.2) is 47.4 Å². The summed E-state index contributed by atoms with van der Waals surface area (Å²) in [6, 6.07) is 11.5. The predicted molar refractivity (Wildman–Crippen MR) is 100 cm³/mol. The highest BCUT2D eigenvalue weighted by Crippen LogP contribution is 2.26. The second-order valence-electron chi connectivity index (χ2n) is 6.49. The molecule has 2 aromatic carbocycles. The van der Waals surface area contributed by atoms with Gasteiger partial charge >= 0.3 is 0 Å². The Morgan fingerprint density at radius 1 is 1.26 bits per heavy atom. The van der Waals surface area contributed by atoms with E-state index in [1.807, 2.05) is 19.1 Å². The SMILES string of the molecule is C[C@H](Cc1ccc2c(c1)CCO2)NS(=O)(=O)c1ccc(OCC(N)=O)cc1. The lowest BCUT2D eigenvalue weighted by Crippen LogP contribution is -2.34. The fourth-order valence-corrected chi connectivity index (χ4v) is 4.21. The molecule has 2 aromatic rings. The molecule has 1 amide bonds. The molecule has 0 bridgehead atoms. The van der Waals surface area contributed by atoms with Gasteiger partial charge < -0.3 is 15.2 Å². The largest absolute Gasteiger partial charge is 0.493 e. The number of rotatable bonds is 8. The van der Waals surface area contributed by atoms with Gasteiger partial charge in [-0.15, -0.1) is 0 Å². The van der Waals surface area contributed by atoms with Gasteiger partial charge in [-0.05, 0) is 54.8 Å². The summed E-state index contributed by atoms with van der Waals surface area (Å²) in [5.74, 6) is 0.687. The molecule has 0 radical (unpaired) electrons. The van der Waals surface area contributed by atoms with Crippen molar-refractivity contribution in [3.8, 4) is 11.5 Å². The first-order valence-electron chi connectivity index (χ1n) is 8.61. The molecular weight excluding hydrogens is 368 g/mol. The van der Waals surface area contributed by atoms with Crippen LogP contribution >= 0.6 is 0 Å². The van der Waals surface area contributed by atoms with E-state index in [0.717, 1.165) is 23.3 Å². The summed E-state index contributed by atoms with van der Waals surface area (Å²) in [5, 5.41) is 0. The third kappa shape index (κ3) is 4.99. The average molecular weight is 390 g/mol. The summed E-state index contributed by atoms with van der Waals surface area (Å²) in [7, 11) is -3.66. The number of ether oxygens (including phenoxy) is 2. The fourth-order valence-electron chi connectivity index (χ4n) is 2.96. The van der Waals surface area contributed by atoms with Gasteiger partial charge in [-0.2, -0.15) is 0 Å². The number of nitrogens with two attached hydrogens (primary N) is 1. The van der Waals surface area contributed by atoms with Crippen LogP contribution in [-0.2, 0) is 27.7 Å². The first-order valence-corrected chi connectivity index (χ1v) is 10.1. The number of nitrogens with one attached hydrogen (secondary N) is 1. The topological polar surface area (TPSA) is 108 Å². The molecule has 0 unspecified atom stereocenters. The minimum Gasteiger partial charge on any atom is -0.493 e. The van der Waals surface area contributed by atoms with Crippen LogP contribution in [-0.4, -0.2) is 33.6 Å². The fraction of sp³-hybridized carbons (Fsp3) is 0.316. The first kappa shape index (κ1) is 19.2. The molecule has 0 saturated carbocycles. The molecule has 1 heterocycles. The number of primary amides is 1. The van der Waals surface area contributed by atoms with E-state index in [0.29, 0.717) is 18.8 Å². The van der Waals surface area contributed by atoms with Crippen LogP contribution in [0.3, 0.4) is 0 Å². The Labute approximate surface area is 158 Å². The standard InChI is InChI=1S/C19H22N2O5S/c1-13(10-14-2-7-18-15(11-14)8-9-25-18)21-27(23,24)17-5-3-16(4-6-17)26-12-19(20)22/h2-7,11,13,21H,8-10,12H2,1H3,(H2,20,22)/t13-/m1/s1. The smallest absolute Gasteiger partial charge is 0.255 e. The van der Waals surface area contributed by atoms with E-state index >= 15 is 0 Å². The van der Waals surface area contributed by atoms with Crippen molar-refractivity contribution in [1.29, 1.82) is 0 Å². The highest BCUT2D eigenvalue weighted by Gasteiger charge is 2.19. The van der Waals surface area contributed by atoms with Gasteiger partial charge in [-0.3, -0.25) is 4.79 Å². The van der Waals surface area contributed by atoms with E-state index in [4.69, 9.17) is 15.2 Å². The minimum atomic E-state index is -3.66. The van der Waals surface area contributed by atoms with Gasteiger partial charge in [-0.25, -0.2) is 13.1 Å². The molecule has 0 saturated heterocycles. The summed E-state index contributed by atoms with van der Waals surface area (Å²) in [6.07, 6.45) is 1.46. The van der Waals surface area contributed by atoms with E-state index in [1.165, 1.54) is 24.3 Å².